The fourth-order valence-corrected chi connectivity index (χ4v) is 2.32. The van der Waals surface area contributed by atoms with E-state index in [1.165, 1.54) is 6.07 Å². The van der Waals surface area contributed by atoms with E-state index in [0.717, 1.165) is 6.42 Å². The van der Waals surface area contributed by atoms with Gasteiger partial charge in [-0.3, -0.25) is 4.72 Å². The summed E-state index contributed by atoms with van der Waals surface area (Å²) >= 11 is 4.11. The Morgan fingerprint density at radius 1 is 1.44 bits per heavy atom. The Morgan fingerprint density at radius 2 is 2.12 bits per heavy atom. The van der Waals surface area contributed by atoms with Crippen LogP contribution in [-0.4, -0.2) is 11.7 Å². The number of rotatable bonds is 6. The van der Waals surface area contributed by atoms with Gasteiger partial charge in [-0.1, -0.05) is 37.9 Å². The molecule has 16 heavy (non-hydrogen) atoms. The van der Waals surface area contributed by atoms with Crippen molar-refractivity contribution in [3.8, 4) is 0 Å². The molecule has 1 aromatic carbocycles. The van der Waals surface area contributed by atoms with Crippen molar-refractivity contribution >= 4 is 12.8 Å². The Bertz CT molecular complexity index is 329. The standard InChI is InChI=1S/C12H18FNOS/c1-2-12(14-16,8-5-9-15)10-6-3-4-7-11(10)13/h3-4,6-7,14-16H,2,5,8-9H2,1H3/t12-/m0/s1. The summed E-state index contributed by atoms with van der Waals surface area (Å²) in [4.78, 5) is 0. The molecule has 0 spiro atoms. The van der Waals surface area contributed by atoms with E-state index in [4.69, 9.17) is 5.11 Å². The van der Waals surface area contributed by atoms with Gasteiger partial charge in [0.25, 0.3) is 0 Å². The van der Waals surface area contributed by atoms with E-state index in [-0.39, 0.29) is 12.4 Å². The first kappa shape index (κ1) is 13.5. The second-order valence-corrected chi connectivity index (χ2v) is 4.08. The maximum atomic E-state index is 13.7. The smallest absolute Gasteiger partial charge is 0.128 e. The van der Waals surface area contributed by atoms with Crippen molar-refractivity contribution in [3.63, 3.8) is 0 Å². The van der Waals surface area contributed by atoms with Crippen LogP contribution < -0.4 is 4.72 Å². The van der Waals surface area contributed by atoms with Crippen molar-refractivity contribution in [2.24, 2.45) is 0 Å². The van der Waals surface area contributed by atoms with E-state index in [1.807, 2.05) is 13.0 Å². The Balaban J connectivity index is 3.05. The molecule has 0 aromatic heterocycles. The van der Waals surface area contributed by atoms with Crippen LogP contribution in [0.2, 0.25) is 0 Å². The molecule has 4 heteroatoms. The van der Waals surface area contributed by atoms with E-state index in [0.29, 0.717) is 18.4 Å². The van der Waals surface area contributed by atoms with Crippen molar-refractivity contribution in [1.82, 2.24) is 4.72 Å². The first-order chi connectivity index (χ1) is 7.70. The van der Waals surface area contributed by atoms with E-state index < -0.39 is 5.54 Å². The lowest BCUT2D eigenvalue weighted by atomic mass is 9.84. The summed E-state index contributed by atoms with van der Waals surface area (Å²) in [7, 11) is 0. The summed E-state index contributed by atoms with van der Waals surface area (Å²) in [5.74, 6) is -0.233. The summed E-state index contributed by atoms with van der Waals surface area (Å²) in [6.07, 6.45) is 2.00. The number of thiol groups is 1. The van der Waals surface area contributed by atoms with Crippen molar-refractivity contribution in [2.45, 2.75) is 31.7 Å². The minimum atomic E-state index is -0.503. The van der Waals surface area contributed by atoms with E-state index in [9.17, 15) is 4.39 Å². The molecule has 0 saturated heterocycles. The fourth-order valence-electron chi connectivity index (χ4n) is 1.93. The highest BCUT2D eigenvalue weighted by Gasteiger charge is 2.30. The summed E-state index contributed by atoms with van der Waals surface area (Å²) in [5, 5.41) is 8.89. The van der Waals surface area contributed by atoms with Crippen molar-refractivity contribution in [3.05, 3.63) is 35.6 Å². The molecule has 2 N–H and O–H groups in total. The van der Waals surface area contributed by atoms with Crippen molar-refractivity contribution < 1.29 is 9.50 Å². The molecule has 0 radical (unpaired) electrons. The van der Waals surface area contributed by atoms with Gasteiger partial charge in [-0.05, 0) is 25.3 Å². The molecule has 0 heterocycles. The van der Waals surface area contributed by atoms with Crippen LogP contribution in [0.25, 0.3) is 0 Å². The van der Waals surface area contributed by atoms with E-state index in [1.54, 1.807) is 12.1 Å². The number of aliphatic hydroxyl groups is 1. The second kappa shape index (κ2) is 6.23. The van der Waals surface area contributed by atoms with Gasteiger partial charge in [-0.2, -0.15) is 0 Å². The highest BCUT2D eigenvalue weighted by molar-refractivity contribution is 7.78. The third-order valence-electron chi connectivity index (χ3n) is 2.97. The number of nitrogens with one attached hydrogen (secondary N) is 1. The first-order valence-electron chi connectivity index (χ1n) is 5.47. The average molecular weight is 243 g/mol. The van der Waals surface area contributed by atoms with Crippen LogP contribution >= 0.6 is 12.8 Å². The van der Waals surface area contributed by atoms with Gasteiger partial charge in [0.2, 0.25) is 0 Å². The summed E-state index contributed by atoms with van der Waals surface area (Å²) < 4.78 is 16.6. The third-order valence-corrected chi connectivity index (χ3v) is 3.40. The first-order valence-corrected chi connectivity index (χ1v) is 5.92. The van der Waals surface area contributed by atoms with Crippen LogP contribution in [0.1, 0.15) is 31.7 Å². The van der Waals surface area contributed by atoms with Gasteiger partial charge in [0, 0.05) is 12.2 Å². The number of hydrogen-bond acceptors (Lipinski definition) is 3. The molecule has 0 unspecified atom stereocenters. The van der Waals surface area contributed by atoms with Crippen LogP contribution in [0.5, 0.6) is 0 Å². The Labute approximate surface area is 101 Å². The molecule has 0 bridgehead atoms. The van der Waals surface area contributed by atoms with Gasteiger partial charge >= 0.3 is 0 Å². The van der Waals surface area contributed by atoms with Gasteiger partial charge in [-0.25, -0.2) is 4.39 Å². The topological polar surface area (TPSA) is 32.3 Å². The highest BCUT2D eigenvalue weighted by Crippen LogP contribution is 2.32. The lowest BCUT2D eigenvalue weighted by molar-refractivity contribution is 0.249. The summed E-state index contributed by atoms with van der Waals surface area (Å²) in [6.45, 7) is 2.08. The van der Waals surface area contributed by atoms with Gasteiger partial charge < -0.3 is 5.11 Å². The molecule has 0 aliphatic carbocycles. The van der Waals surface area contributed by atoms with Crippen molar-refractivity contribution in [2.75, 3.05) is 6.61 Å². The molecule has 90 valence electrons. The molecule has 0 aliphatic rings. The predicted molar refractivity (Wildman–Crippen MR) is 66.8 cm³/mol. The van der Waals surface area contributed by atoms with Crippen LogP contribution in [0, 0.1) is 5.82 Å². The number of aliphatic hydroxyl groups excluding tert-OH is 1. The zero-order chi connectivity index (χ0) is 12.0. The molecule has 2 nitrogen and oxygen atoms in total. The maximum Gasteiger partial charge on any atom is 0.128 e. The van der Waals surface area contributed by atoms with Gasteiger partial charge in [0.05, 0.1) is 5.54 Å². The SMILES string of the molecule is CC[C@@](CCCO)(NS)c1ccccc1F. The average Bonchev–Trinajstić information content (AvgIpc) is 2.33. The van der Waals surface area contributed by atoms with Crippen molar-refractivity contribution in [1.29, 1.82) is 0 Å². The largest absolute Gasteiger partial charge is 0.396 e. The third kappa shape index (κ3) is 2.75. The van der Waals surface area contributed by atoms with Gasteiger partial charge in [-0.15, -0.1) is 0 Å². The lowest BCUT2D eigenvalue weighted by Crippen LogP contribution is -2.37. The van der Waals surface area contributed by atoms with Crippen LogP contribution in [0.4, 0.5) is 4.39 Å². The zero-order valence-corrected chi connectivity index (χ0v) is 10.3. The quantitative estimate of drug-likeness (QED) is 0.671. The monoisotopic (exact) mass is 243 g/mol. The zero-order valence-electron chi connectivity index (χ0n) is 9.41. The second-order valence-electron chi connectivity index (χ2n) is 3.85. The van der Waals surface area contributed by atoms with E-state index >= 15 is 0 Å². The lowest BCUT2D eigenvalue weighted by Gasteiger charge is -2.32. The minimum absolute atomic E-state index is 0.103. The molecule has 1 rings (SSSR count). The number of hydrogen-bond donors (Lipinski definition) is 3. The maximum absolute atomic E-state index is 13.7. The Morgan fingerprint density at radius 3 is 2.62 bits per heavy atom. The fraction of sp³-hybridized carbons (Fsp3) is 0.500. The Hall–Kier alpha value is -0.580. The van der Waals surface area contributed by atoms with Crippen LogP contribution in [-0.2, 0) is 5.54 Å². The molecule has 1 aromatic rings. The molecule has 0 saturated carbocycles. The van der Waals surface area contributed by atoms with Gasteiger partial charge in [0.1, 0.15) is 5.82 Å². The minimum Gasteiger partial charge on any atom is -0.396 e. The molecular weight excluding hydrogens is 225 g/mol. The van der Waals surface area contributed by atoms with Crippen LogP contribution in [0.3, 0.4) is 0 Å². The summed E-state index contributed by atoms with van der Waals surface area (Å²) in [5.41, 5.74) is 0.109. The molecule has 0 amide bonds. The molecule has 0 fully saturated rings. The van der Waals surface area contributed by atoms with Crippen LogP contribution in [0.15, 0.2) is 24.3 Å². The molecule has 0 aliphatic heterocycles. The predicted octanol–water partition coefficient (Wildman–Crippen LogP) is 2.64. The molecular formula is C12H18FNOS. The highest BCUT2D eigenvalue weighted by atomic mass is 32.1. The Kier molecular flexibility index (Phi) is 5.25. The van der Waals surface area contributed by atoms with E-state index in [2.05, 4.69) is 17.5 Å². The number of benzene rings is 1. The molecule has 1 atom stereocenters. The normalized spacial score (nSPS) is 14.8. The number of halogens is 1. The summed E-state index contributed by atoms with van der Waals surface area (Å²) in [6, 6.07) is 6.69. The van der Waals surface area contributed by atoms with Gasteiger partial charge in [0.15, 0.2) is 0 Å².